The Hall–Kier alpha value is -1.59. The standard InChI is InChI=1S/C13H18ClN3O2/c1-9-4-5-10(6-11(9)14)16-13(19)8-17(3)7-12(18)15-2/h4-6H,7-8H2,1-3H3,(H,15,18)(H,16,19). The van der Waals surface area contributed by atoms with Crippen molar-refractivity contribution in [2.75, 3.05) is 32.5 Å². The number of nitrogens with one attached hydrogen (secondary N) is 2. The lowest BCUT2D eigenvalue weighted by Gasteiger charge is -2.15. The summed E-state index contributed by atoms with van der Waals surface area (Å²) in [5.74, 6) is -0.319. The van der Waals surface area contributed by atoms with Crippen molar-refractivity contribution in [1.29, 1.82) is 0 Å². The fraction of sp³-hybridized carbons (Fsp3) is 0.385. The minimum atomic E-state index is -0.189. The Morgan fingerprint density at radius 2 is 1.89 bits per heavy atom. The summed E-state index contributed by atoms with van der Waals surface area (Å²) in [6.07, 6.45) is 0. The second-order valence-corrected chi connectivity index (χ2v) is 4.76. The molecule has 0 fully saturated rings. The normalized spacial score (nSPS) is 10.4. The summed E-state index contributed by atoms with van der Waals surface area (Å²) in [7, 11) is 3.27. The molecule has 0 aromatic heterocycles. The van der Waals surface area contributed by atoms with Gasteiger partial charge < -0.3 is 10.6 Å². The molecule has 0 saturated carbocycles. The van der Waals surface area contributed by atoms with Crippen molar-refractivity contribution in [1.82, 2.24) is 10.2 Å². The molecule has 5 nitrogen and oxygen atoms in total. The van der Waals surface area contributed by atoms with E-state index >= 15 is 0 Å². The number of rotatable bonds is 5. The number of carbonyl (C=O) groups excluding carboxylic acids is 2. The number of carbonyl (C=O) groups is 2. The minimum absolute atomic E-state index is 0.131. The molecule has 1 aromatic carbocycles. The second kappa shape index (κ2) is 7.11. The number of halogens is 1. The van der Waals surface area contributed by atoms with Crippen LogP contribution in [-0.2, 0) is 9.59 Å². The highest BCUT2D eigenvalue weighted by molar-refractivity contribution is 6.31. The lowest BCUT2D eigenvalue weighted by atomic mass is 10.2. The van der Waals surface area contributed by atoms with Crippen LogP contribution in [0.2, 0.25) is 5.02 Å². The lowest BCUT2D eigenvalue weighted by molar-refractivity contribution is -0.122. The third kappa shape index (κ3) is 5.28. The molecule has 0 heterocycles. The van der Waals surface area contributed by atoms with Gasteiger partial charge in [-0.05, 0) is 31.7 Å². The number of hydrogen-bond donors (Lipinski definition) is 2. The van der Waals surface area contributed by atoms with E-state index in [2.05, 4.69) is 10.6 Å². The van der Waals surface area contributed by atoms with E-state index in [0.29, 0.717) is 10.7 Å². The molecular formula is C13H18ClN3O2. The summed E-state index contributed by atoms with van der Waals surface area (Å²) in [4.78, 5) is 24.5. The van der Waals surface area contributed by atoms with Crippen LogP contribution < -0.4 is 10.6 Å². The zero-order valence-corrected chi connectivity index (χ0v) is 12.0. The summed E-state index contributed by atoms with van der Waals surface area (Å²) in [5, 5.41) is 5.85. The van der Waals surface area contributed by atoms with Gasteiger partial charge in [-0.25, -0.2) is 0 Å². The predicted molar refractivity (Wildman–Crippen MR) is 76.4 cm³/mol. The van der Waals surface area contributed by atoms with Crippen molar-refractivity contribution >= 4 is 29.1 Å². The van der Waals surface area contributed by atoms with Crippen molar-refractivity contribution in [2.24, 2.45) is 0 Å². The molecule has 0 saturated heterocycles. The third-order valence-electron chi connectivity index (χ3n) is 2.56. The number of aryl methyl sites for hydroxylation is 1. The highest BCUT2D eigenvalue weighted by Crippen LogP contribution is 2.19. The Kier molecular flexibility index (Phi) is 5.79. The van der Waals surface area contributed by atoms with E-state index in [9.17, 15) is 9.59 Å². The molecule has 1 rings (SSSR count). The maximum absolute atomic E-state index is 11.8. The first-order chi connectivity index (χ1) is 8.92. The van der Waals surface area contributed by atoms with E-state index < -0.39 is 0 Å². The molecule has 0 bridgehead atoms. The summed E-state index contributed by atoms with van der Waals surface area (Å²) in [5.41, 5.74) is 1.60. The van der Waals surface area contributed by atoms with E-state index in [1.54, 1.807) is 31.1 Å². The maximum atomic E-state index is 11.8. The number of benzene rings is 1. The van der Waals surface area contributed by atoms with Gasteiger partial charge in [0.25, 0.3) is 0 Å². The van der Waals surface area contributed by atoms with Gasteiger partial charge in [0.1, 0.15) is 0 Å². The molecule has 2 amide bonds. The first kappa shape index (κ1) is 15.5. The van der Waals surface area contributed by atoms with Crippen LogP contribution in [0.15, 0.2) is 18.2 Å². The summed E-state index contributed by atoms with van der Waals surface area (Å²) in [6, 6.07) is 5.33. The lowest BCUT2D eigenvalue weighted by Crippen LogP contribution is -2.37. The van der Waals surface area contributed by atoms with Crippen molar-refractivity contribution < 1.29 is 9.59 Å². The minimum Gasteiger partial charge on any atom is -0.358 e. The van der Waals surface area contributed by atoms with Crippen LogP contribution in [0.25, 0.3) is 0 Å². The zero-order chi connectivity index (χ0) is 14.4. The van der Waals surface area contributed by atoms with Crippen molar-refractivity contribution in [3.05, 3.63) is 28.8 Å². The van der Waals surface area contributed by atoms with Gasteiger partial charge >= 0.3 is 0 Å². The van der Waals surface area contributed by atoms with Gasteiger partial charge in [-0.2, -0.15) is 0 Å². The first-order valence-corrected chi connectivity index (χ1v) is 6.25. The van der Waals surface area contributed by atoms with E-state index in [0.717, 1.165) is 5.56 Å². The Bertz CT molecular complexity index is 477. The van der Waals surface area contributed by atoms with Crippen LogP contribution >= 0.6 is 11.6 Å². The molecule has 0 aliphatic heterocycles. The molecular weight excluding hydrogens is 266 g/mol. The summed E-state index contributed by atoms with van der Waals surface area (Å²) >= 11 is 5.98. The number of hydrogen-bond acceptors (Lipinski definition) is 3. The maximum Gasteiger partial charge on any atom is 0.238 e. The van der Waals surface area contributed by atoms with Crippen molar-refractivity contribution in [3.8, 4) is 0 Å². The predicted octanol–water partition coefficient (Wildman–Crippen LogP) is 1.26. The van der Waals surface area contributed by atoms with Crippen molar-refractivity contribution in [3.63, 3.8) is 0 Å². The Labute approximate surface area is 117 Å². The molecule has 19 heavy (non-hydrogen) atoms. The van der Waals surface area contributed by atoms with Gasteiger partial charge in [-0.15, -0.1) is 0 Å². The largest absolute Gasteiger partial charge is 0.358 e. The van der Waals surface area contributed by atoms with Gasteiger partial charge in [0, 0.05) is 17.8 Å². The molecule has 0 atom stereocenters. The van der Waals surface area contributed by atoms with E-state index in [-0.39, 0.29) is 24.9 Å². The molecule has 0 aliphatic rings. The van der Waals surface area contributed by atoms with Crippen LogP contribution in [-0.4, -0.2) is 43.9 Å². The zero-order valence-electron chi connectivity index (χ0n) is 11.3. The molecule has 0 unspecified atom stereocenters. The molecule has 0 aliphatic carbocycles. The van der Waals surface area contributed by atoms with Crippen LogP contribution in [0, 0.1) is 6.92 Å². The number of nitrogens with zero attached hydrogens (tertiary/aromatic N) is 1. The Morgan fingerprint density at radius 1 is 1.26 bits per heavy atom. The van der Waals surface area contributed by atoms with Crippen molar-refractivity contribution in [2.45, 2.75) is 6.92 Å². The fourth-order valence-corrected chi connectivity index (χ4v) is 1.68. The molecule has 0 radical (unpaired) electrons. The van der Waals surface area contributed by atoms with E-state index in [1.165, 1.54) is 0 Å². The first-order valence-electron chi connectivity index (χ1n) is 5.87. The monoisotopic (exact) mass is 283 g/mol. The molecule has 2 N–H and O–H groups in total. The molecule has 6 heteroatoms. The summed E-state index contributed by atoms with van der Waals surface area (Å²) in [6.45, 7) is 2.21. The third-order valence-corrected chi connectivity index (χ3v) is 2.97. The number of likely N-dealkylation sites (N-methyl/N-ethyl adjacent to an activating group) is 2. The number of amides is 2. The quantitative estimate of drug-likeness (QED) is 0.855. The average molecular weight is 284 g/mol. The Balaban J connectivity index is 2.50. The highest BCUT2D eigenvalue weighted by Gasteiger charge is 2.10. The topological polar surface area (TPSA) is 61.4 Å². The molecule has 0 spiro atoms. The van der Waals surface area contributed by atoms with Gasteiger partial charge in [0.2, 0.25) is 11.8 Å². The van der Waals surface area contributed by atoms with E-state index in [1.807, 2.05) is 13.0 Å². The van der Waals surface area contributed by atoms with E-state index in [4.69, 9.17) is 11.6 Å². The molecule has 104 valence electrons. The van der Waals surface area contributed by atoms with Gasteiger partial charge in [0.15, 0.2) is 0 Å². The highest BCUT2D eigenvalue weighted by atomic mass is 35.5. The van der Waals surface area contributed by atoms with Gasteiger partial charge in [0.05, 0.1) is 13.1 Å². The smallest absolute Gasteiger partial charge is 0.238 e. The SMILES string of the molecule is CNC(=O)CN(C)CC(=O)Nc1ccc(C)c(Cl)c1. The average Bonchev–Trinajstić information content (AvgIpc) is 2.33. The van der Waals surface area contributed by atoms with Crippen LogP contribution in [0.4, 0.5) is 5.69 Å². The number of anilines is 1. The van der Waals surface area contributed by atoms with Gasteiger partial charge in [-0.3, -0.25) is 14.5 Å². The van der Waals surface area contributed by atoms with Crippen LogP contribution in [0.3, 0.4) is 0 Å². The fourth-order valence-electron chi connectivity index (χ4n) is 1.50. The Morgan fingerprint density at radius 3 is 2.47 bits per heavy atom. The van der Waals surface area contributed by atoms with Gasteiger partial charge in [-0.1, -0.05) is 17.7 Å². The molecule has 1 aromatic rings. The second-order valence-electron chi connectivity index (χ2n) is 4.36. The summed E-state index contributed by atoms with van der Waals surface area (Å²) < 4.78 is 0. The van der Waals surface area contributed by atoms with Crippen LogP contribution in [0.5, 0.6) is 0 Å². The van der Waals surface area contributed by atoms with Crippen LogP contribution in [0.1, 0.15) is 5.56 Å².